The molecule has 2 heterocycles. The van der Waals surface area contributed by atoms with E-state index >= 15 is 0 Å². The Morgan fingerprint density at radius 3 is 0.848 bits per heavy atom. The van der Waals surface area contributed by atoms with Crippen LogP contribution in [0.2, 0.25) is 0 Å². The van der Waals surface area contributed by atoms with E-state index in [0.717, 1.165) is 118 Å². The topological polar surface area (TPSA) is 52.0 Å². The van der Waals surface area contributed by atoms with Crippen LogP contribution in [-0.4, -0.2) is 4.40 Å². The summed E-state index contributed by atoms with van der Waals surface area (Å²) in [5.41, 5.74) is 34.8. The fourth-order valence-corrected chi connectivity index (χ4v) is 19.3. The number of nitrogens with zero attached hydrogens (tertiary/aromatic N) is 3. The molecule has 2 saturated carbocycles. The Hall–Kier alpha value is -12.1. The highest BCUT2D eigenvalue weighted by atomic mass is 14.9. The molecule has 0 saturated heterocycles. The lowest BCUT2D eigenvalue weighted by atomic mass is 9.74. The molecule has 0 unspecified atom stereocenters. The van der Waals surface area contributed by atoms with E-state index in [4.69, 9.17) is 0 Å². The quantitative estimate of drug-likeness (QED) is 0.145. The summed E-state index contributed by atoms with van der Waals surface area (Å²) >= 11 is 0. The van der Waals surface area contributed by atoms with Crippen LogP contribution in [-0.2, 0) is 10.8 Å². The number of hydrogen-bond acceptors (Lipinski definition) is 2. The molecule has 0 aliphatic heterocycles. The molecule has 2 aromatic heterocycles. The molecule has 3 heteroatoms. The number of hydrogen-bond donors (Lipinski definition) is 0. The first kappa shape index (κ1) is 57.1. The van der Waals surface area contributed by atoms with Crippen molar-refractivity contribution < 1.29 is 0 Å². The first-order valence-corrected chi connectivity index (χ1v) is 35.3. The molecular weight excluding hydrogens is 1200 g/mol. The lowest BCUT2D eigenvalue weighted by Crippen LogP contribution is -2.22. The summed E-state index contributed by atoms with van der Waals surface area (Å²) in [5, 5.41) is 28.8. The van der Waals surface area contributed by atoms with Crippen molar-refractivity contribution in [1.82, 2.24) is 4.40 Å². The zero-order valence-electron chi connectivity index (χ0n) is 54.8. The van der Waals surface area contributed by atoms with Gasteiger partial charge in [0.25, 0.3) is 0 Å². The summed E-state index contributed by atoms with van der Waals surface area (Å²) in [6.07, 6.45) is 8.12. The largest absolute Gasteiger partial charge is 0.308 e. The van der Waals surface area contributed by atoms with Crippen molar-refractivity contribution >= 4 is 38.1 Å². The van der Waals surface area contributed by atoms with Crippen molar-refractivity contribution in [1.29, 1.82) is 10.5 Å². The minimum atomic E-state index is -0.387. The predicted octanol–water partition coefficient (Wildman–Crippen LogP) is 25.3. The minimum absolute atomic E-state index is 0.387. The van der Waals surface area contributed by atoms with Crippen LogP contribution in [0, 0.1) is 22.7 Å². The fourth-order valence-electron chi connectivity index (χ4n) is 19.3. The van der Waals surface area contributed by atoms with Crippen LogP contribution in [0.1, 0.15) is 84.7 Å². The number of nitriles is 2. The third-order valence-electron chi connectivity index (χ3n) is 23.3. The van der Waals surface area contributed by atoms with E-state index in [1.807, 2.05) is 0 Å². The van der Waals surface area contributed by atoms with Gasteiger partial charge in [0.2, 0.25) is 0 Å². The molecule has 0 radical (unpaired) electrons. The average Bonchev–Trinajstić information content (AvgIpc) is 1.49. The van der Waals surface area contributed by atoms with Crippen molar-refractivity contribution in [2.45, 2.75) is 62.2 Å². The smallest absolute Gasteiger partial charge is 0.0995 e. The van der Waals surface area contributed by atoms with Crippen LogP contribution in [0.3, 0.4) is 0 Å². The van der Waals surface area contributed by atoms with Crippen LogP contribution in [0.25, 0.3) is 160 Å². The van der Waals surface area contributed by atoms with Gasteiger partial charge in [0.05, 0.1) is 39.8 Å². The molecule has 4 aliphatic carbocycles. The first-order valence-electron chi connectivity index (χ1n) is 35.3. The molecular formula is C96H65N3. The number of rotatable bonds is 9. The van der Waals surface area contributed by atoms with E-state index in [1.165, 1.54) is 128 Å². The van der Waals surface area contributed by atoms with Crippen LogP contribution < -0.4 is 0 Å². The van der Waals surface area contributed by atoms with Gasteiger partial charge in [-0.25, -0.2) is 0 Å². The second-order valence-electron chi connectivity index (χ2n) is 28.1. The summed E-state index contributed by atoms with van der Waals surface area (Å²) < 4.78 is 2.49. The molecule has 2 fully saturated rings. The lowest BCUT2D eigenvalue weighted by Gasteiger charge is -2.28. The predicted molar refractivity (Wildman–Crippen MR) is 409 cm³/mol. The highest BCUT2D eigenvalue weighted by Gasteiger charge is 2.51. The lowest BCUT2D eigenvalue weighted by molar-refractivity contribution is 0.549. The van der Waals surface area contributed by atoms with Crippen LogP contribution in [0.4, 0.5) is 0 Å². The zero-order chi connectivity index (χ0) is 65.5. The van der Waals surface area contributed by atoms with Gasteiger partial charge >= 0.3 is 0 Å². The monoisotopic (exact) mass is 1260 g/mol. The van der Waals surface area contributed by atoms with Gasteiger partial charge in [-0.2, -0.15) is 10.5 Å². The van der Waals surface area contributed by atoms with Crippen molar-refractivity contribution in [2.24, 2.45) is 0 Å². The molecule has 14 aromatic carbocycles. The summed E-state index contributed by atoms with van der Waals surface area (Å²) in [6.45, 7) is 0. The molecule has 0 N–H and O–H groups in total. The summed E-state index contributed by atoms with van der Waals surface area (Å²) in [7, 11) is 0. The van der Waals surface area contributed by atoms with Crippen molar-refractivity contribution in [3.8, 4) is 135 Å². The molecule has 464 valence electrons. The van der Waals surface area contributed by atoms with E-state index in [9.17, 15) is 10.5 Å². The maximum absolute atomic E-state index is 12.1. The molecule has 3 nitrogen and oxygen atoms in total. The number of aromatic nitrogens is 1. The highest BCUT2D eigenvalue weighted by molar-refractivity contribution is 6.31. The van der Waals surface area contributed by atoms with Gasteiger partial charge in [0, 0.05) is 32.4 Å². The maximum atomic E-state index is 12.1. The van der Waals surface area contributed by atoms with Gasteiger partial charge in [0.15, 0.2) is 0 Å². The van der Waals surface area contributed by atoms with E-state index < -0.39 is 0 Å². The zero-order valence-corrected chi connectivity index (χ0v) is 54.8. The molecule has 2 spiro atoms. The SMILES string of the molecule is N#Cc1cc2c(c3c1C1(CCCC1)c1cc(-c4c(-c5ccccc5)cccc4-c4ccccc4)ccc1-3)c1cc(-c3c(-c4ccccc4)cccc3-c3ccccc3)cc3c4c5c(c(C#N)cc4n2c13)C1(CCCC1)c1cc(-c2c(-c3ccccc3)cccc2-c2ccccc2)ccc1-5. The Morgan fingerprint density at radius 1 is 0.263 bits per heavy atom. The standard InChI is InChI=1S/C96H65N3/c97-58-69-56-83-88(90-77-46-44-66(54-81(77)95(92(69)90)48-19-20-49-95)85-71(60-26-7-1-8-27-60)38-23-39-72(85)61-28-9-2-10-29-61)79-52-68(87-75(64-34-15-5-16-35-64)42-25-43-76(87)65-36-17-6-18-37-65)53-80-89-84(99(83)94(79)80)57-70(59-98)93-91(89)78-47-45-67(55-82(78)96(93)50-21-22-51-96)86-73(62-30-11-3-12-31-62)40-24-41-74(86)63-32-13-4-14-33-63/h1-18,23-47,52-57H,19-22,48-51H2. The molecule has 20 rings (SSSR count). The van der Waals surface area contributed by atoms with Gasteiger partial charge in [-0.15, -0.1) is 0 Å². The summed E-state index contributed by atoms with van der Waals surface area (Å²) in [5.74, 6) is 0. The fraction of sp³-hybridized carbons (Fsp3) is 0.104. The Balaban J connectivity index is 0.912. The third kappa shape index (κ3) is 8.29. The third-order valence-corrected chi connectivity index (χ3v) is 23.3. The van der Waals surface area contributed by atoms with E-state index in [0.29, 0.717) is 0 Å². The second-order valence-corrected chi connectivity index (χ2v) is 28.1. The van der Waals surface area contributed by atoms with Gasteiger partial charge in [-0.1, -0.05) is 287 Å². The van der Waals surface area contributed by atoms with Crippen LogP contribution in [0.15, 0.2) is 297 Å². The van der Waals surface area contributed by atoms with E-state index in [-0.39, 0.29) is 10.8 Å². The minimum Gasteiger partial charge on any atom is -0.308 e. The number of benzene rings is 14. The Kier molecular flexibility index (Phi) is 12.8. The van der Waals surface area contributed by atoms with Gasteiger partial charge in [-0.05, 0) is 207 Å². The van der Waals surface area contributed by atoms with Gasteiger partial charge in [-0.3, -0.25) is 0 Å². The Labute approximate surface area is 576 Å². The van der Waals surface area contributed by atoms with E-state index in [1.54, 1.807) is 0 Å². The number of fused-ring (bicyclic) bond motifs is 18. The second kappa shape index (κ2) is 22.2. The first-order chi connectivity index (χ1) is 49.0. The van der Waals surface area contributed by atoms with Crippen molar-refractivity contribution in [3.05, 3.63) is 331 Å². The van der Waals surface area contributed by atoms with Crippen molar-refractivity contribution in [2.75, 3.05) is 0 Å². The summed E-state index contributed by atoms with van der Waals surface area (Å²) in [4.78, 5) is 0. The normalized spacial score (nSPS) is 14.5. The molecule has 4 aliphatic rings. The van der Waals surface area contributed by atoms with Crippen LogP contribution in [0.5, 0.6) is 0 Å². The summed E-state index contributed by atoms with van der Waals surface area (Å²) in [6, 6.07) is 116. The average molecular weight is 1260 g/mol. The highest BCUT2D eigenvalue weighted by Crippen LogP contribution is 2.65. The Bertz CT molecular complexity index is 5600. The van der Waals surface area contributed by atoms with Crippen molar-refractivity contribution in [3.63, 3.8) is 0 Å². The van der Waals surface area contributed by atoms with Gasteiger partial charge in [0.1, 0.15) is 0 Å². The molecule has 0 atom stereocenters. The molecule has 0 amide bonds. The maximum Gasteiger partial charge on any atom is 0.0995 e. The molecule has 99 heavy (non-hydrogen) atoms. The Morgan fingerprint density at radius 2 is 0.556 bits per heavy atom. The molecule has 0 bridgehead atoms. The van der Waals surface area contributed by atoms with Crippen LogP contribution >= 0.6 is 0 Å². The van der Waals surface area contributed by atoms with E-state index in [2.05, 4.69) is 314 Å². The van der Waals surface area contributed by atoms with Gasteiger partial charge < -0.3 is 4.40 Å². The molecule has 16 aromatic rings.